The largest absolute Gasteiger partial charge is 0.379 e. The van der Waals surface area contributed by atoms with Crippen molar-refractivity contribution in [3.63, 3.8) is 0 Å². The van der Waals surface area contributed by atoms with Gasteiger partial charge in [0, 0.05) is 36.8 Å². The number of ether oxygens (including phenoxy) is 1. The van der Waals surface area contributed by atoms with Crippen LogP contribution in [0.15, 0.2) is 29.2 Å². The first-order valence-electron chi connectivity index (χ1n) is 6.10. The second-order valence-electron chi connectivity index (χ2n) is 4.15. The summed E-state index contributed by atoms with van der Waals surface area (Å²) in [6.45, 7) is 5.69. The Morgan fingerprint density at radius 3 is 2.53 bits per heavy atom. The van der Waals surface area contributed by atoms with Gasteiger partial charge in [-0.1, -0.05) is 12.1 Å². The van der Waals surface area contributed by atoms with E-state index in [-0.39, 0.29) is 0 Å². The third-order valence-corrected chi connectivity index (χ3v) is 3.93. The first-order valence-corrected chi connectivity index (χ1v) is 7.09. The maximum Gasteiger partial charge on any atom is 0.0594 e. The molecule has 1 saturated heterocycles. The smallest absolute Gasteiger partial charge is 0.0594 e. The number of morpholine rings is 1. The van der Waals surface area contributed by atoms with Gasteiger partial charge in [-0.2, -0.15) is 0 Å². The van der Waals surface area contributed by atoms with Gasteiger partial charge in [0.05, 0.1) is 13.2 Å². The Kier molecular flexibility index (Phi) is 5.32. The van der Waals surface area contributed by atoms with Crippen LogP contribution >= 0.6 is 11.8 Å². The van der Waals surface area contributed by atoms with Gasteiger partial charge < -0.3 is 10.5 Å². The number of hydrogen-bond donors (Lipinski definition) is 1. The van der Waals surface area contributed by atoms with Crippen LogP contribution in [0.4, 0.5) is 0 Å². The van der Waals surface area contributed by atoms with Gasteiger partial charge in [0.1, 0.15) is 0 Å². The number of nitrogens with zero attached hydrogens (tertiary/aromatic N) is 1. The fourth-order valence-electron chi connectivity index (χ4n) is 1.84. The Hall–Kier alpha value is -0.550. The molecule has 0 aromatic heterocycles. The van der Waals surface area contributed by atoms with Crippen LogP contribution in [-0.4, -0.2) is 43.5 Å². The normalized spacial score (nSPS) is 17.2. The Balaban J connectivity index is 1.69. The van der Waals surface area contributed by atoms with Crippen LogP contribution in [0.3, 0.4) is 0 Å². The van der Waals surface area contributed by atoms with Crippen molar-refractivity contribution < 1.29 is 4.74 Å². The van der Waals surface area contributed by atoms with Crippen molar-refractivity contribution in [2.75, 3.05) is 38.6 Å². The average Bonchev–Trinajstić information content (AvgIpc) is 2.41. The summed E-state index contributed by atoms with van der Waals surface area (Å²) in [5.74, 6) is 1.14. The molecule has 4 heteroatoms. The second-order valence-corrected chi connectivity index (χ2v) is 5.32. The summed E-state index contributed by atoms with van der Waals surface area (Å²) < 4.78 is 5.33. The molecule has 0 spiro atoms. The molecule has 0 unspecified atom stereocenters. The van der Waals surface area contributed by atoms with E-state index in [1.165, 1.54) is 10.5 Å². The first-order chi connectivity index (χ1) is 8.38. The van der Waals surface area contributed by atoms with E-state index in [0.29, 0.717) is 6.54 Å². The highest BCUT2D eigenvalue weighted by atomic mass is 32.2. The zero-order chi connectivity index (χ0) is 11.9. The van der Waals surface area contributed by atoms with Gasteiger partial charge >= 0.3 is 0 Å². The van der Waals surface area contributed by atoms with Gasteiger partial charge in [-0.25, -0.2) is 0 Å². The van der Waals surface area contributed by atoms with Gasteiger partial charge in [-0.05, 0) is 17.7 Å². The Morgan fingerprint density at radius 1 is 1.18 bits per heavy atom. The standard InChI is InChI=1S/C13H20N2OS/c14-11-12-1-3-13(4-2-12)17-10-7-15-5-8-16-9-6-15/h1-4H,5-11,14H2. The fourth-order valence-corrected chi connectivity index (χ4v) is 2.75. The van der Waals surface area contributed by atoms with Crippen molar-refractivity contribution in [2.24, 2.45) is 5.73 Å². The number of hydrogen-bond acceptors (Lipinski definition) is 4. The van der Waals surface area contributed by atoms with Crippen molar-refractivity contribution >= 4 is 11.8 Å². The molecule has 94 valence electrons. The van der Waals surface area contributed by atoms with E-state index in [2.05, 4.69) is 29.2 Å². The third-order valence-electron chi connectivity index (χ3n) is 2.94. The monoisotopic (exact) mass is 252 g/mol. The predicted octanol–water partition coefficient (Wildman–Crippen LogP) is 1.57. The lowest BCUT2D eigenvalue weighted by molar-refractivity contribution is 0.0410. The minimum atomic E-state index is 0.624. The van der Waals surface area contributed by atoms with Crippen LogP contribution in [0.2, 0.25) is 0 Å². The molecule has 2 N–H and O–H groups in total. The molecular weight excluding hydrogens is 232 g/mol. The van der Waals surface area contributed by atoms with Gasteiger partial charge in [0.25, 0.3) is 0 Å². The quantitative estimate of drug-likeness (QED) is 0.807. The van der Waals surface area contributed by atoms with Crippen LogP contribution in [0.1, 0.15) is 5.56 Å². The first kappa shape index (κ1) is 12.9. The highest BCUT2D eigenvalue weighted by Crippen LogP contribution is 2.18. The highest BCUT2D eigenvalue weighted by Gasteiger charge is 2.09. The van der Waals surface area contributed by atoms with Crippen LogP contribution in [-0.2, 0) is 11.3 Å². The molecule has 1 aromatic carbocycles. The van der Waals surface area contributed by atoms with Crippen molar-refractivity contribution in [3.05, 3.63) is 29.8 Å². The van der Waals surface area contributed by atoms with Crippen molar-refractivity contribution in [1.29, 1.82) is 0 Å². The summed E-state index contributed by atoms with van der Waals surface area (Å²) in [4.78, 5) is 3.79. The summed E-state index contributed by atoms with van der Waals surface area (Å²) in [6, 6.07) is 8.53. The zero-order valence-corrected chi connectivity index (χ0v) is 10.9. The van der Waals surface area contributed by atoms with Crippen molar-refractivity contribution in [1.82, 2.24) is 4.90 Å². The van der Waals surface area contributed by atoms with E-state index in [1.54, 1.807) is 0 Å². The summed E-state index contributed by atoms with van der Waals surface area (Å²) in [5.41, 5.74) is 6.77. The number of rotatable bonds is 5. The highest BCUT2D eigenvalue weighted by molar-refractivity contribution is 7.99. The van der Waals surface area contributed by atoms with E-state index in [4.69, 9.17) is 10.5 Å². The lowest BCUT2D eigenvalue weighted by atomic mass is 10.2. The van der Waals surface area contributed by atoms with Crippen molar-refractivity contribution in [3.8, 4) is 0 Å². The lowest BCUT2D eigenvalue weighted by Gasteiger charge is -2.26. The van der Waals surface area contributed by atoms with Gasteiger partial charge in [-0.3, -0.25) is 4.90 Å². The summed E-state index contributed by atoms with van der Waals surface area (Å²) in [7, 11) is 0. The van der Waals surface area contributed by atoms with Gasteiger partial charge in [-0.15, -0.1) is 11.8 Å². The Morgan fingerprint density at radius 2 is 1.88 bits per heavy atom. The Bertz CT molecular complexity index is 323. The van der Waals surface area contributed by atoms with E-state index in [9.17, 15) is 0 Å². The predicted molar refractivity (Wildman–Crippen MR) is 72.3 cm³/mol. The lowest BCUT2D eigenvalue weighted by Crippen LogP contribution is -2.37. The van der Waals surface area contributed by atoms with Crippen LogP contribution in [0.25, 0.3) is 0 Å². The van der Waals surface area contributed by atoms with Crippen molar-refractivity contribution in [2.45, 2.75) is 11.4 Å². The molecule has 1 aromatic rings. The number of thioether (sulfide) groups is 1. The van der Waals surface area contributed by atoms with E-state index in [0.717, 1.165) is 38.6 Å². The molecule has 0 atom stereocenters. The Labute approximate surface area is 107 Å². The van der Waals surface area contributed by atoms with Crippen LogP contribution < -0.4 is 5.73 Å². The molecule has 1 aliphatic heterocycles. The maximum absolute atomic E-state index is 5.57. The summed E-state index contributed by atoms with van der Waals surface area (Å²) >= 11 is 1.91. The topological polar surface area (TPSA) is 38.5 Å². The molecular formula is C13H20N2OS. The molecule has 2 rings (SSSR count). The number of nitrogens with two attached hydrogens (primary N) is 1. The molecule has 0 bridgehead atoms. The van der Waals surface area contributed by atoms with E-state index < -0.39 is 0 Å². The van der Waals surface area contributed by atoms with E-state index >= 15 is 0 Å². The molecule has 1 fully saturated rings. The number of benzene rings is 1. The fraction of sp³-hybridized carbons (Fsp3) is 0.538. The summed E-state index contributed by atoms with van der Waals surface area (Å²) in [6.07, 6.45) is 0. The zero-order valence-electron chi connectivity index (χ0n) is 10.1. The van der Waals surface area contributed by atoms with Gasteiger partial charge in [0.2, 0.25) is 0 Å². The summed E-state index contributed by atoms with van der Waals surface area (Å²) in [5, 5.41) is 0. The molecule has 1 aliphatic rings. The molecule has 0 aliphatic carbocycles. The van der Waals surface area contributed by atoms with E-state index in [1.807, 2.05) is 11.8 Å². The average molecular weight is 252 g/mol. The van der Waals surface area contributed by atoms with Gasteiger partial charge in [0.15, 0.2) is 0 Å². The molecule has 17 heavy (non-hydrogen) atoms. The minimum absolute atomic E-state index is 0.624. The molecule has 0 amide bonds. The van der Waals surface area contributed by atoms with Crippen LogP contribution in [0.5, 0.6) is 0 Å². The van der Waals surface area contributed by atoms with Crippen LogP contribution in [0, 0.1) is 0 Å². The maximum atomic E-state index is 5.57. The second kappa shape index (κ2) is 7.01. The molecule has 3 nitrogen and oxygen atoms in total. The minimum Gasteiger partial charge on any atom is -0.379 e. The molecule has 0 saturated carbocycles. The molecule has 0 radical (unpaired) electrons. The SMILES string of the molecule is NCc1ccc(SCCN2CCOCC2)cc1. The molecule has 1 heterocycles. The third kappa shape index (κ3) is 4.32.